The number of carbonyl (C=O) groups is 3. The summed E-state index contributed by atoms with van der Waals surface area (Å²) in [5.74, 6) is -1.16. The summed E-state index contributed by atoms with van der Waals surface area (Å²) in [7, 11) is 1.57. The van der Waals surface area contributed by atoms with Crippen molar-refractivity contribution in [2.45, 2.75) is 30.8 Å². The Morgan fingerprint density at radius 2 is 1.58 bits per heavy atom. The molecule has 5 aromatic rings. The first-order chi connectivity index (χ1) is 17.3. The molecule has 178 valence electrons. The third kappa shape index (κ3) is 1.87. The van der Waals surface area contributed by atoms with Crippen molar-refractivity contribution < 1.29 is 19.1 Å². The maximum absolute atomic E-state index is 13.4. The first-order valence-electron chi connectivity index (χ1n) is 11.9. The van der Waals surface area contributed by atoms with Gasteiger partial charge in [0.15, 0.2) is 5.72 Å². The lowest BCUT2D eigenvalue weighted by Gasteiger charge is -2.39. The molecule has 1 saturated heterocycles. The zero-order valence-corrected chi connectivity index (χ0v) is 19.5. The third-order valence-electron chi connectivity index (χ3n) is 8.48. The number of nitrogens with one attached hydrogen (secondary N) is 2. The van der Waals surface area contributed by atoms with E-state index in [0.717, 1.165) is 32.8 Å². The van der Waals surface area contributed by atoms with Crippen LogP contribution in [-0.4, -0.2) is 39.4 Å². The highest BCUT2D eigenvalue weighted by molar-refractivity contribution is 6.39. The van der Waals surface area contributed by atoms with Crippen LogP contribution >= 0.6 is 0 Å². The van der Waals surface area contributed by atoms with Crippen molar-refractivity contribution in [3.8, 4) is 0 Å². The van der Waals surface area contributed by atoms with Gasteiger partial charge in [-0.25, -0.2) is 0 Å². The summed E-state index contributed by atoms with van der Waals surface area (Å²) < 4.78 is 10.8. The number of rotatable bonds is 1. The van der Waals surface area contributed by atoms with Crippen LogP contribution in [-0.2, 0) is 15.3 Å². The van der Waals surface area contributed by atoms with Crippen LogP contribution in [0.3, 0.4) is 0 Å². The minimum atomic E-state index is -1.41. The van der Waals surface area contributed by atoms with E-state index >= 15 is 0 Å². The average Bonchev–Trinajstić information content (AvgIpc) is 3.54. The second-order valence-electron chi connectivity index (χ2n) is 10.0. The Morgan fingerprint density at radius 3 is 2.25 bits per heavy atom. The predicted molar refractivity (Wildman–Crippen MR) is 134 cm³/mol. The van der Waals surface area contributed by atoms with Crippen molar-refractivity contribution in [3.63, 3.8) is 0 Å². The van der Waals surface area contributed by atoms with E-state index in [4.69, 9.17) is 10.5 Å². The molecule has 9 heteroatoms. The summed E-state index contributed by atoms with van der Waals surface area (Å²) in [5.41, 5.74) is 8.19. The molecule has 1 fully saturated rings. The summed E-state index contributed by atoms with van der Waals surface area (Å²) in [4.78, 5) is 39.9. The Morgan fingerprint density at radius 1 is 1.00 bits per heavy atom. The van der Waals surface area contributed by atoms with E-state index in [0.29, 0.717) is 21.9 Å². The van der Waals surface area contributed by atoms with Crippen LogP contribution in [0.1, 0.15) is 40.3 Å². The molecule has 36 heavy (non-hydrogen) atoms. The first-order valence-corrected chi connectivity index (χ1v) is 11.9. The van der Waals surface area contributed by atoms with Crippen molar-refractivity contribution in [3.05, 3.63) is 59.7 Å². The van der Waals surface area contributed by atoms with Crippen LogP contribution in [0.25, 0.3) is 43.6 Å². The van der Waals surface area contributed by atoms with E-state index in [2.05, 4.69) is 15.2 Å². The highest BCUT2D eigenvalue weighted by Crippen LogP contribution is 2.56. The Hall–Kier alpha value is -4.21. The number of amides is 3. The highest BCUT2D eigenvalue weighted by Gasteiger charge is 2.63. The van der Waals surface area contributed by atoms with Crippen molar-refractivity contribution >= 4 is 61.3 Å². The van der Waals surface area contributed by atoms with Gasteiger partial charge in [0.25, 0.3) is 11.8 Å². The number of hydrogen-bond donors (Lipinski definition) is 3. The molecule has 0 spiro atoms. The standard InChI is InChI=1S/C27H21N5O4/c1-26-27(28,25(35)29-2)11-16(36-26)31-14-9-5-3-7-12(14)17-19-20(24(34)30-23(19)33)18-13-8-4-6-10-15(13)32(26)22(18)21(17)31/h3-10,16H,11,28H2,1-2H3,(H,29,35)(H,30,33,34)/t16-,26+,27+/m1/s1. The molecule has 3 amide bonds. The number of hydrogen-bond acceptors (Lipinski definition) is 5. The minimum Gasteiger partial charge on any atom is -0.357 e. The van der Waals surface area contributed by atoms with Crippen molar-refractivity contribution in [2.75, 3.05) is 7.05 Å². The number of carbonyl (C=O) groups excluding carboxylic acids is 3. The Labute approximate surface area is 203 Å². The molecule has 4 N–H and O–H groups in total. The van der Waals surface area contributed by atoms with Gasteiger partial charge in [-0.15, -0.1) is 0 Å². The quantitative estimate of drug-likeness (QED) is 0.319. The molecule has 8 rings (SSSR count). The Balaban J connectivity index is 1.75. The lowest BCUT2D eigenvalue weighted by atomic mass is 9.85. The molecule has 0 saturated carbocycles. The van der Waals surface area contributed by atoms with Crippen molar-refractivity contribution in [1.29, 1.82) is 0 Å². The topological polar surface area (TPSA) is 120 Å². The fourth-order valence-corrected chi connectivity index (χ4v) is 6.94. The fraction of sp³-hybridized carbons (Fsp3) is 0.222. The van der Waals surface area contributed by atoms with Gasteiger partial charge in [-0.05, 0) is 19.1 Å². The monoisotopic (exact) mass is 479 g/mol. The van der Waals surface area contributed by atoms with Gasteiger partial charge in [-0.3, -0.25) is 19.7 Å². The zero-order valence-electron chi connectivity index (χ0n) is 19.5. The van der Waals surface area contributed by atoms with E-state index in [1.807, 2.05) is 60.0 Å². The van der Waals surface area contributed by atoms with Crippen LogP contribution in [0.15, 0.2) is 48.5 Å². The lowest BCUT2D eigenvalue weighted by Crippen LogP contribution is -2.65. The zero-order chi connectivity index (χ0) is 24.7. The molecular weight excluding hydrogens is 458 g/mol. The fourth-order valence-electron chi connectivity index (χ4n) is 6.94. The predicted octanol–water partition coefficient (Wildman–Crippen LogP) is 2.83. The van der Waals surface area contributed by atoms with E-state index in [-0.39, 0.29) is 12.3 Å². The van der Waals surface area contributed by atoms with Gasteiger partial charge in [0.2, 0.25) is 5.91 Å². The molecule has 2 bridgehead atoms. The number of benzene rings is 3. The summed E-state index contributed by atoms with van der Waals surface area (Å²) in [5, 5.41) is 8.27. The SMILES string of the molecule is CNC(=O)[C@@]1(N)C[C@H]2O[C@]1(C)n1c3ccccc3c3c4c(c5c6ccccc6n2c5c31)C(=O)NC4=O. The maximum atomic E-state index is 13.4. The number of fused-ring (bicyclic) bond motifs is 13. The van der Waals surface area contributed by atoms with E-state index in [1.54, 1.807) is 7.05 Å². The molecule has 3 aliphatic heterocycles. The van der Waals surface area contributed by atoms with Gasteiger partial charge in [0, 0.05) is 35.0 Å². The lowest BCUT2D eigenvalue weighted by molar-refractivity contribution is -0.148. The van der Waals surface area contributed by atoms with Crippen LogP contribution < -0.4 is 16.4 Å². The van der Waals surface area contributed by atoms with Gasteiger partial charge in [-0.2, -0.15) is 0 Å². The largest absolute Gasteiger partial charge is 0.357 e. The summed E-state index contributed by atoms with van der Waals surface area (Å²) in [6, 6.07) is 15.4. The number of nitrogens with zero attached hydrogens (tertiary/aromatic N) is 2. The Kier molecular flexibility index (Phi) is 3.31. The minimum absolute atomic E-state index is 0.229. The van der Waals surface area contributed by atoms with Gasteiger partial charge >= 0.3 is 0 Å². The number of imide groups is 1. The van der Waals surface area contributed by atoms with Crippen LogP contribution in [0.2, 0.25) is 0 Å². The molecule has 0 unspecified atom stereocenters. The molecule has 9 nitrogen and oxygen atoms in total. The molecule has 3 aromatic carbocycles. The average molecular weight is 479 g/mol. The second kappa shape index (κ2) is 5.95. The van der Waals surface area contributed by atoms with E-state index in [9.17, 15) is 14.4 Å². The van der Waals surface area contributed by atoms with Gasteiger partial charge in [-0.1, -0.05) is 36.4 Å². The molecular formula is C27H21N5O4. The second-order valence-corrected chi connectivity index (χ2v) is 10.0. The van der Waals surface area contributed by atoms with E-state index in [1.165, 1.54) is 0 Å². The van der Waals surface area contributed by atoms with E-state index < -0.39 is 29.3 Å². The molecule has 2 aromatic heterocycles. The number of para-hydroxylation sites is 2. The van der Waals surface area contributed by atoms with Gasteiger partial charge in [0.1, 0.15) is 11.8 Å². The summed E-state index contributed by atoms with van der Waals surface area (Å²) in [6.07, 6.45) is -0.341. The van der Waals surface area contributed by atoms with Crippen LogP contribution in [0, 0.1) is 0 Å². The first kappa shape index (κ1) is 20.0. The van der Waals surface area contributed by atoms with Crippen LogP contribution in [0.4, 0.5) is 0 Å². The molecule has 3 aliphatic rings. The van der Waals surface area contributed by atoms with Crippen LogP contribution in [0.5, 0.6) is 0 Å². The Bertz CT molecular complexity index is 1920. The normalized spacial score (nSPS) is 26.4. The number of ether oxygens (including phenoxy) is 1. The van der Waals surface area contributed by atoms with Gasteiger partial charge < -0.3 is 24.9 Å². The smallest absolute Gasteiger partial charge is 0.259 e. The molecule has 3 atom stereocenters. The van der Waals surface area contributed by atoms with Gasteiger partial charge in [0.05, 0.1) is 33.2 Å². The third-order valence-corrected chi connectivity index (χ3v) is 8.48. The summed E-state index contributed by atoms with van der Waals surface area (Å²) in [6.45, 7) is 1.84. The van der Waals surface area contributed by atoms with Crippen molar-refractivity contribution in [2.24, 2.45) is 5.73 Å². The maximum Gasteiger partial charge on any atom is 0.259 e. The molecule has 5 heterocycles. The van der Waals surface area contributed by atoms with Crippen molar-refractivity contribution in [1.82, 2.24) is 19.8 Å². The number of aromatic nitrogens is 2. The molecule has 0 aliphatic carbocycles. The number of likely N-dealkylation sites (N-methyl/N-ethyl adjacent to an activating group) is 1. The molecule has 0 radical (unpaired) electrons. The number of nitrogens with two attached hydrogens (primary N) is 1. The summed E-state index contributed by atoms with van der Waals surface area (Å²) >= 11 is 0. The highest BCUT2D eigenvalue weighted by atomic mass is 16.5.